The summed E-state index contributed by atoms with van der Waals surface area (Å²) in [5.74, 6) is -0.170. The molecule has 1 aromatic carbocycles. The van der Waals surface area contributed by atoms with Gasteiger partial charge in [-0.2, -0.15) is 0 Å². The van der Waals surface area contributed by atoms with Crippen LogP contribution in [0.3, 0.4) is 0 Å². The van der Waals surface area contributed by atoms with Crippen LogP contribution in [0, 0.1) is 0 Å². The lowest BCUT2D eigenvalue weighted by Gasteiger charge is -2.11. The van der Waals surface area contributed by atoms with Gasteiger partial charge in [-0.3, -0.25) is 0 Å². The fourth-order valence-electron chi connectivity index (χ4n) is 1.13. The van der Waals surface area contributed by atoms with Crippen LogP contribution in [0.15, 0.2) is 23.2 Å². The van der Waals surface area contributed by atoms with Crippen molar-refractivity contribution in [2.24, 2.45) is 10.7 Å². The summed E-state index contributed by atoms with van der Waals surface area (Å²) in [4.78, 5) is 3.89. The minimum absolute atomic E-state index is 0.00393. The van der Waals surface area contributed by atoms with Crippen LogP contribution in [0.25, 0.3) is 0 Å². The first-order chi connectivity index (χ1) is 8.35. The van der Waals surface area contributed by atoms with Crippen molar-refractivity contribution < 1.29 is 22.6 Å². The number of benzene rings is 1. The van der Waals surface area contributed by atoms with Crippen molar-refractivity contribution >= 4 is 23.1 Å². The van der Waals surface area contributed by atoms with Crippen molar-refractivity contribution in [3.63, 3.8) is 0 Å². The van der Waals surface area contributed by atoms with Gasteiger partial charge in [-0.1, -0.05) is 0 Å². The SMILES string of the molecule is COc1cc(OC(F)(F)F)ccc1N=C(N)CCl. The molecule has 0 saturated heterocycles. The number of hydrogen-bond donors (Lipinski definition) is 1. The zero-order valence-electron chi connectivity index (χ0n) is 9.29. The van der Waals surface area contributed by atoms with Gasteiger partial charge in [0.2, 0.25) is 0 Å². The molecule has 0 radical (unpaired) electrons. The predicted octanol–water partition coefficient (Wildman–Crippen LogP) is 2.82. The minimum Gasteiger partial charge on any atom is -0.494 e. The number of nitrogens with zero attached hydrogens (tertiary/aromatic N) is 1. The molecular weight excluding hydrogens is 273 g/mol. The van der Waals surface area contributed by atoms with E-state index in [1.165, 1.54) is 13.2 Å². The van der Waals surface area contributed by atoms with Gasteiger partial charge in [0.05, 0.1) is 13.0 Å². The standard InChI is InChI=1S/C10H10ClF3N2O2/c1-17-8-4-6(18-10(12,13)14)2-3-7(8)16-9(15)5-11/h2-4H,5H2,1H3,(H2,15,16). The van der Waals surface area contributed by atoms with Gasteiger partial charge in [-0.05, 0) is 12.1 Å². The number of alkyl halides is 4. The Morgan fingerprint density at radius 1 is 1.44 bits per heavy atom. The van der Waals surface area contributed by atoms with E-state index in [0.717, 1.165) is 12.1 Å². The summed E-state index contributed by atoms with van der Waals surface area (Å²) in [6.07, 6.45) is -4.76. The summed E-state index contributed by atoms with van der Waals surface area (Å²) in [7, 11) is 1.29. The van der Waals surface area contributed by atoms with E-state index in [1.807, 2.05) is 0 Å². The van der Waals surface area contributed by atoms with Crippen molar-refractivity contribution in [3.05, 3.63) is 18.2 Å². The van der Waals surface area contributed by atoms with E-state index in [2.05, 4.69) is 9.73 Å². The molecule has 1 aromatic rings. The molecule has 0 aliphatic carbocycles. The summed E-state index contributed by atoms with van der Waals surface area (Å²) in [6.45, 7) is 0. The Hall–Kier alpha value is -1.63. The molecule has 0 unspecified atom stereocenters. The quantitative estimate of drug-likeness (QED) is 0.525. The highest BCUT2D eigenvalue weighted by Crippen LogP contribution is 2.33. The fraction of sp³-hybridized carbons (Fsp3) is 0.300. The molecule has 0 atom stereocenters. The molecule has 2 N–H and O–H groups in total. The second-order valence-electron chi connectivity index (χ2n) is 3.12. The second kappa shape index (κ2) is 5.81. The molecule has 0 bridgehead atoms. The summed E-state index contributed by atoms with van der Waals surface area (Å²) in [5.41, 5.74) is 5.69. The molecule has 4 nitrogen and oxygen atoms in total. The average Bonchev–Trinajstić information content (AvgIpc) is 2.28. The highest BCUT2D eigenvalue weighted by Gasteiger charge is 2.31. The summed E-state index contributed by atoms with van der Waals surface area (Å²) in [6, 6.07) is 3.46. The minimum atomic E-state index is -4.76. The first-order valence-corrected chi connectivity index (χ1v) is 5.22. The smallest absolute Gasteiger partial charge is 0.494 e. The fourth-order valence-corrected chi connectivity index (χ4v) is 1.19. The first kappa shape index (κ1) is 14.4. The normalized spacial score (nSPS) is 12.4. The molecule has 0 saturated carbocycles. The number of amidine groups is 1. The molecule has 0 spiro atoms. The van der Waals surface area contributed by atoms with Crippen LogP contribution in [-0.4, -0.2) is 25.2 Å². The van der Waals surface area contributed by atoms with Crippen molar-refractivity contribution in [3.8, 4) is 11.5 Å². The van der Waals surface area contributed by atoms with Gasteiger partial charge in [0.1, 0.15) is 23.0 Å². The monoisotopic (exact) mass is 282 g/mol. The number of hydrogen-bond acceptors (Lipinski definition) is 3. The van der Waals surface area contributed by atoms with E-state index >= 15 is 0 Å². The van der Waals surface area contributed by atoms with Crippen molar-refractivity contribution in [1.82, 2.24) is 0 Å². The van der Waals surface area contributed by atoms with E-state index in [1.54, 1.807) is 0 Å². The zero-order chi connectivity index (χ0) is 13.8. The van der Waals surface area contributed by atoms with Crippen LogP contribution in [0.5, 0.6) is 11.5 Å². The third-order valence-corrected chi connectivity index (χ3v) is 2.06. The van der Waals surface area contributed by atoms with Crippen LogP contribution >= 0.6 is 11.6 Å². The maximum Gasteiger partial charge on any atom is 0.573 e. The first-order valence-electron chi connectivity index (χ1n) is 4.68. The van der Waals surface area contributed by atoms with Crippen LogP contribution in [0.1, 0.15) is 0 Å². The van der Waals surface area contributed by atoms with E-state index in [0.29, 0.717) is 0 Å². The van der Waals surface area contributed by atoms with Crippen LogP contribution in [0.4, 0.5) is 18.9 Å². The highest BCUT2D eigenvalue weighted by atomic mass is 35.5. The largest absolute Gasteiger partial charge is 0.573 e. The van der Waals surface area contributed by atoms with Crippen molar-refractivity contribution in [2.75, 3.05) is 13.0 Å². The summed E-state index contributed by atoms with van der Waals surface area (Å²) >= 11 is 5.45. The summed E-state index contributed by atoms with van der Waals surface area (Å²) < 4.78 is 44.7. The van der Waals surface area contributed by atoms with E-state index in [9.17, 15) is 13.2 Å². The van der Waals surface area contributed by atoms with Gasteiger partial charge in [0.25, 0.3) is 0 Å². The lowest BCUT2D eigenvalue weighted by molar-refractivity contribution is -0.274. The van der Waals surface area contributed by atoms with Crippen LogP contribution in [0.2, 0.25) is 0 Å². The van der Waals surface area contributed by atoms with Gasteiger partial charge in [-0.15, -0.1) is 24.8 Å². The number of ether oxygens (including phenoxy) is 2. The number of methoxy groups -OCH3 is 1. The van der Waals surface area contributed by atoms with Crippen molar-refractivity contribution in [1.29, 1.82) is 0 Å². The molecule has 1 rings (SSSR count). The summed E-state index contributed by atoms with van der Waals surface area (Å²) in [5, 5.41) is 0. The third-order valence-electron chi connectivity index (χ3n) is 1.79. The molecule has 8 heteroatoms. The number of rotatable bonds is 4. The molecule has 0 aromatic heterocycles. The van der Waals surface area contributed by atoms with Gasteiger partial charge >= 0.3 is 6.36 Å². The molecule has 0 fully saturated rings. The Labute approximate surface area is 106 Å². The maximum absolute atomic E-state index is 12.0. The topological polar surface area (TPSA) is 56.8 Å². The van der Waals surface area contributed by atoms with Gasteiger partial charge in [0, 0.05) is 6.07 Å². The third kappa shape index (κ3) is 4.33. The lowest BCUT2D eigenvalue weighted by atomic mass is 10.3. The van der Waals surface area contributed by atoms with Gasteiger partial charge in [-0.25, -0.2) is 4.99 Å². The number of aliphatic imine (C=N–C) groups is 1. The number of nitrogens with two attached hydrogens (primary N) is 1. The van der Waals surface area contributed by atoms with Gasteiger partial charge in [0.15, 0.2) is 0 Å². The van der Waals surface area contributed by atoms with Gasteiger partial charge < -0.3 is 15.2 Å². The second-order valence-corrected chi connectivity index (χ2v) is 3.39. The number of halogens is 4. The molecule has 0 aliphatic rings. The lowest BCUT2D eigenvalue weighted by Crippen LogP contribution is -2.17. The van der Waals surface area contributed by atoms with Crippen molar-refractivity contribution in [2.45, 2.75) is 6.36 Å². The Bertz CT molecular complexity index is 449. The molecule has 0 amide bonds. The van der Waals surface area contributed by atoms with E-state index in [-0.39, 0.29) is 23.2 Å². The Balaban J connectivity index is 3.04. The molecule has 0 heterocycles. The highest BCUT2D eigenvalue weighted by molar-refractivity contribution is 6.28. The zero-order valence-corrected chi connectivity index (χ0v) is 10.0. The Morgan fingerprint density at radius 3 is 2.61 bits per heavy atom. The molecule has 0 aliphatic heterocycles. The Morgan fingerprint density at radius 2 is 2.11 bits per heavy atom. The molecular formula is C10H10ClF3N2O2. The molecule has 100 valence electrons. The molecule has 18 heavy (non-hydrogen) atoms. The van der Waals surface area contributed by atoms with E-state index in [4.69, 9.17) is 22.1 Å². The van der Waals surface area contributed by atoms with Crippen LogP contribution < -0.4 is 15.2 Å². The van der Waals surface area contributed by atoms with Crippen LogP contribution in [-0.2, 0) is 0 Å². The Kier molecular flexibility index (Phi) is 4.66. The van der Waals surface area contributed by atoms with E-state index < -0.39 is 12.1 Å². The maximum atomic E-state index is 12.0. The predicted molar refractivity (Wildman–Crippen MR) is 61.7 cm³/mol. The average molecular weight is 283 g/mol.